The number of hydrogen-bond donors (Lipinski definition) is 2. The molecule has 2 aliphatic rings. The van der Waals surface area contributed by atoms with Gasteiger partial charge in [0.05, 0.1) is 5.54 Å². The molecule has 19 heavy (non-hydrogen) atoms. The Morgan fingerprint density at radius 3 is 2.53 bits per heavy atom. The van der Waals surface area contributed by atoms with Crippen molar-refractivity contribution in [3.8, 4) is 0 Å². The van der Waals surface area contributed by atoms with Gasteiger partial charge in [0.15, 0.2) is 0 Å². The molecule has 0 aromatic rings. The first-order valence-electron chi connectivity index (χ1n) is 7.39. The van der Waals surface area contributed by atoms with Gasteiger partial charge < -0.3 is 15.5 Å². The standard InChI is InChI=1S/C14H25N3O2/c1-3-14(7-4-8-16-14)13(19)17-9-5-11(6-10-17)12(18)15-2/h11,16H,3-10H2,1-2H3,(H,15,18). The summed E-state index contributed by atoms with van der Waals surface area (Å²) in [6.45, 7) is 4.43. The average molecular weight is 267 g/mol. The molecule has 2 rings (SSSR count). The summed E-state index contributed by atoms with van der Waals surface area (Å²) in [5.41, 5.74) is -0.333. The molecular formula is C14H25N3O2. The molecule has 2 N–H and O–H groups in total. The molecular weight excluding hydrogens is 242 g/mol. The first-order chi connectivity index (χ1) is 9.13. The molecule has 2 aliphatic heterocycles. The van der Waals surface area contributed by atoms with Crippen LogP contribution in [0.15, 0.2) is 0 Å². The third-order valence-corrected chi connectivity index (χ3v) is 4.66. The molecule has 1 atom stereocenters. The van der Waals surface area contributed by atoms with Crippen LogP contribution in [0.2, 0.25) is 0 Å². The molecule has 5 nitrogen and oxygen atoms in total. The Morgan fingerprint density at radius 1 is 1.37 bits per heavy atom. The number of amides is 2. The van der Waals surface area contributed by atoms with Crippen LogP contribution in [-0.2, 0) is 9.59 Å². The summed E-state index contributed by atoms with van der Waals surface area (Å²) in [5, 5.41) is 6.09. The molecule has 1 unspecified atom stereocenters. The van der Waals surface area contributed by atoms with Gasteiger partial charge >= 0.3 is 0 Å². The summed E-state index contributed by atoms with van der Waals surface area (Å²) in [7, 11) is 1.67. The van der Waals surface area contributed by atoms with Crippen molar-refractivity contribution in [1.82, 2.24) is 15.5 Å². The molecule has 0 aliphatic carbocycles. The average Bonchev–Trinajstić information content (AvgIpc) is 2.96. The molecule has 0 aromatic heterocycles. The minimum absolute atomic E-state index is 0.0724. The highest BCUT2D eigenvalue weighted by Gasteiger charge is 2.42. The third-order valence-electron chi connectivity index (χ3n) is 4.66. The molecule has 2 fully saturated rings. The molecule has 2 amide bonds. The first-order valence-corrected chi connectivity index (χ1v) is 7.39. The Labute approximate surface area is 115 Å². The van der Waals surface area contributed by atoms with E-state index in [1.807, 2.05) is 4.90 Å². The zero-order chi connectivity index (χ0) is 13.9. The van der Waals surface area contributed by atoms with Gasteiger partial charge in [-0.1, -0.05) is 6.92 Å². The Balaban J connectivity index is 1.94. The molecule has 0 radical (unpaired) electrons. The Morgan fingerprint density at radius 2 is 2.05 bits per heavy atom. The number of carbonyl (C=O) groups excluding carboxylic acids is 2. The first kappa shape index (κ1) is 14.3. The number of nitrogens with zero attached hydrogens (tertiary/aromatic N) is 1. The quantitative estimate of drug-likeness (QED) is 0.783. The lowest BCUT2D eigenvalue weighted by Crippen LogP contribution is -2.56. The molecule has 108 valence electrons. The maximum Gasteiger partial charge on any atom is 0.242 e. The summed E-state index contributed by atoms with van der Waals surface area (Å²) in [5.74, 6) is 0.419. The van der Waals surface area contributed by atoms with Gasteiger partial charge in [-0.25, -0.2) is 0 Å². The molecule has 5 heteroatoms. The second-order valence-corrected chi connectivity index (χ2v) is 5.65. The summed E-state index contributed by atoms with van der Waals surface area (Å²) >= 11 is 0. The van der Waals surface area contributed by atoms with Crippen LogP contribution in [0.25, 0.3) is 0 Å². The topological polar surface area (TPSA) is 61.4 Å². The fourth-order valence-corrected chi connectivity index (χ4v) is 3.29. The zero-order valence-electron chi connectivity index (χ0n) is 12.0. The van der Waals surface area contributed by atoms with Gasteiger partial charge in [-0.3, -0.25) is 9.59 Å². The van der Waals surface area contributed by atoms with Gasteiger partial charge in [-0.15, -0.1) is 0 Å². The van der Waals surface area contributed by atoms with Gasteiger partial charge in [-0.05, 0) is 38.6 Å². The Hall–Kier alpha value is -1.10. The highest BCUT2D eigenvalue weighted by Crippen LogP contribution is 2.28. The van der Waals surface area contributed by atoms with Crippen molar-refractivity contribution in [2.75, 3.05) is 26.7 Å². The monoisotopic (exact) mass is 267 g/mol. The number of likely N-dealkylation sites (tertiary alicyclic amines) is 1. The number of rotatable bonds is 3. The van der Waals surface area contributed by atoms with Crippen molar-refractivity contribution >= 4 is 11.8 Å². The number of carbonyl (C=O) groups is 2. The van der Waals surface area contributed by atoms with E-state index in [-0.39, 0.29) is 23.3 Å². The fourth-order valence-electron chi connectivity index (χ4n) is 3.29. The van der Waals surface area contributed by atoms with E-state index in [2.05, 4.69) is 17.6 Å². The van der Waals surface area contributed by atoms with Gasteiger partial charge in [-0.2, -0.15) is 0 Å². The number of hydrogen-bond acceptors (Lipinski definition) is 3. The van der Waals surface area contributed by atoms with Crippen LogP contribution in [0.3, 0.4) is 0 Å². The second-order valence-electron chi connectivity index (χ2n) is 5.65. The highest BCUT2D eigenvalue weighted by atomic mass is 16.2. The van der Waals surface area contributed by atoms with Crippen molar-refractivity contribution < 1.29 is 9.59 Å². The Kier molecular flexibility index (Phi) is 4.45. The number of nitrogens with one attached hydrogen (secondary N) is 2. The van der Waals surface area contributed by atoms with Crippen LogP contribution in [0, 0.1) is 5.92 Å². The van der Waals surface area contributed by atoms with Crippen LogP contribution >= 0.6 is 0 Å². The lowest BCUT2D eigenvalue weighted by atomic mass is 9.89. The maximum absolute atomic E-state index is 12.7. The van der Waals surface area contributed by atoms with Gasteiger partial charge in [0.2, 0.25) is 11.8 Å². The van der Waals surface area contributed by atoms with Crippen molar-refractivity contribution in [2.24, 2.45) is 5.92 Å². The van der Waals surface area contributed by atoms with Gasteiger partial charge in [0.25, 0.3) is 0 Å². The molecule has 2 heterocycles. The third kappa shape index (κ3) is 2.76. The molecule has 0 saturated carbocycles. The summed E-state index contributed by atoms with van der Waals surface area (Å²) in [4.78, 5) is 26.2. The summed E-state index contributed by atoms with van der Waals surface area (Å²) < 4.78 is 0. The summed E-state index contributed by atoms with van der Waals surface area (Å²) in [6.07, 6.45) is 4.43. The van der Waals surface area contributed by atoms with Crippen LogP contribution in [0.4, 0.5) is 0 Å². The second kappa shape index (κ2) is 5.90. The lowest BCUT2D eigenvalue weighted by molar-refractivity contribution is -0.141. The highest BCUT2D eigenvalue weighted by molar-refractivity contribution is 5.87. The SMILES string of the molecule is CCC1(C(=O)N2CCC(C(=O)NC)CC2)CCCN1. The van der Waals surface area contributed by atoms with E-state index in [1.54, 1.807) is 7.05 Å². The zero-order valence-corrected chi connectivity index (χ0v) is 12.0. The Bertz CT molecular complexity index is 343. The smallest absolute Gasteiger partial charge is 0.242 e. The summed E-state index contributed by atoms with van der Waals surface area (Å²) in [6, 6.07) is 0. The molecule has 0 aromatic carbocycles. The molecule has 0 bridgehead atoms. The largest absolute Gasteiger partial charge is 0.359 e. The van der Waals surface area contributed by atoms with Crippen molar-refractivity contribution in [3.05, 3.63) is 0 Å². The van der Waals surface area contributed by atoms with E-state index in [0.717, 1.165) is 38.6 Å². The van der Waals surface area contributed by atoms with E-state index in [9.17, 15) is 9.59 Å². The van der Waals surface area contributed by atoms with Gasteiger partial charge in [0.1, 0.15) is 0 Å². The molecule has 0 spiro atoms. The molecule has 2 saturated heterocycles. The van der Waals surface area contributed by atoms with Crippen molar-refractivity contribution in [2.45, 2.75) is 44.6 Å². The van der Waals surface area contributed by atoms with Crippen LogP contribution < -0.4 is 10.6 Å². The van der Waals surface area contributed by atoms with Crippen LogP contribution in [0.1, 0.15) is 39.0 Å². The van der Waals surface area contributed by atoms with E-state index >= 15 is 0 Å². The van der Waals surface area contributed by atoms with E-state index in [0.29, 0.717) is 13.1 Å². The predicted molar refractivity (Wildman–Crippen MR) is 73.6 cm³/mol. The van der Waals surface area contributed by atoms with E-state index in [1.165, 1.54) is 0 Å². The predicted octanol–water partition coefficient (Wildman–Crippen LogP) is 0.503. The van der Waals surface area contributed by atoms with Crippen molar-refractivity contribution in [1.29, 1.82) is 0 Å². The minimum Gasteiger partial charge on any atom is -0.359 e. The van der Waals surface area contributed by atoms with Crippen LogP contribution in [0.5, 0.6) is 0 Å². The minimum atomic E-state index is -0.333. The van der Waals surface area contributed by atoms with Gasteiger partial charge in [0, 0.05) is 26.1 Å². The number of piperidine rings is 1. The fraction of sp³-hybridized carbons (Fsp3) is 0.857. The van der Waals surface area contributed by atoms with Crippen LogP contribution in [-0.4, -0.2) is 48.9 Å². The lowest BCUT2D eigenvalue weighted by Gasteiger charge is -2.37. The van der Waals surface area contributed by atoms with E-state index in [4.69, 9.17) is 0 Å². The maximum atomic E-state index is 12.7. The normalized spacial score (nSPS) is 28.4. The van der Waals surface area contributed by atoms with Crippen molar-refractivity contribution in [3.63, 3.8) is 0 Å². The van der Waals surface area contributed by atoms with E-state index < -0.39 is 0 Å².